The molecule has 0 spiro atoms. The maximum Gasteiger partial charge on any atom is 0.124 e. The third-order valence-electron chi connectivity index (χ3n) is 11.3. The maximum atomic E-state index is 6.44. The summed E-state index contributed by atoms with van der Waals surface area (Å²) in [6.45, 7) is 16.8. The topological polar surface area (TPSA) is 82.8 Å². The van der Waals surface area contributed by atoms with Crippen LogP contribution in [0.2, 0.25) is 81.5 Å². The standard InChI is InChI=1S/2C18H24Cl2N2OSi.C12H10Cl2N2/c1-24(2,3)9-8-23-12-22-11-21-17(18(22)13-4-5-13)15-10-14(19)6-7-16(15)20;1-24(2,3)9-8-23-12-22-11-21-17(13-4-5-13)18(22)15-10-14(19)6-7-16(15)20;13-8-3-4-10(14)9(5-8)12-11(7-1-2-7)15-6-16-12/h2*6-7,10-11,13H,4-5,8-9,12H2,1-3H3;3-7H,1-2H2,(H,15,16). The van der Waals surface area contributed by atoms with Crippen LogP contribution in [0.3, 0.4) is 0 Å². The van der Waals surface area contributed by atoms with Gasteiger partial charge in [0.2, 0.25) is 0 Å². The van der Waals surface area contributed by atoms with Crippen LogP contribution in [-0.2, 0) is 22.9 Å². The Kier molecular flexibility index (Phi) is 16.6. The lowest BCUT2D eigenvalue weighted by Crippen LogP contribution is -2.22. The predicted octanol–water partition coefficient (Wildman–Crippen LogP) is 16.4. The van der Waals surface area contributed by atoms with Gasteiger partial charge in [-0.2, -0.15) is 0 Å². The zero-order valence-electron chi connectivity index (χ0n) is 37.5. The highest BCUT2D eigenvalue weighted by Crippen LogP contribution is 2.47. The van der Waals surface area contributed by atoms with Gasteiger partial charge in [0.15, 0.2) is 0 Å². The molecular formula is C48H58Cl6N6O2Si2. The van der Waals surface area contributed by atoms with Crippen LogP contribution in [0.15, 0.2) is 73.6 Å². The second-order valence-electron chi connectivity index (χ2n) is 19.5. The van der Waals surface area contributed by atoms with Crippen LogP contribution in [-0.4, -0.2) is 58.4 Å². The Morgan fingerprint density at radius 2 is 1.03 bits per heavy atom. The second kappa shape index (κ2) is 21.6. The van der Waals surface area contributed by atoms with E-state index in [-0.39, 0.29) is 0 Å². The van der Waals surface area contributed by atoms with Gasteiger partial charge in [0.1, 0.15) is 13.5 Å². The first-order valence-electron chi connectivity index (χ1n) is 22.1. The van der Waals surface area contributed by atoms with Gasteiger partial charge in [0, 0.05) is 84.6 Å². The van der Waals surface area contributed by atoms with E-state index in [9.17, 15) is 0 Å². The molecule has 0 aliphatic heterocycles. The SMILES string of the molecule is C[Si](C)(C)CCOCn1cnc(-c2cc(Cl)ccc2Cl)c1C1CC1.C[Si](C)(C)CCOCn1cnc(C2CC2)c1-c1cc(Cl)ccc1Cl.Clc1ccc(Cl)c(-c2nc[nH]c2C2CC2)c1. The van der Waals surface area contributed by atoms with Crippen molar-refractivity contribution in [2.45, 2.75) is 121 Å². The van der Waals surface area contributed by atoms with Crippen LogP contribution in [0.4, 0.5) is 0 Å². The summed E-state index contributed by atoms with van der Waals surface area (Å²) in [5.74, 6) is 1.71. The number of hydrogen-bond donors (Lipinski definition) is 1. The number of H-pyrrole nitrogens is 1. The number of imidazole rings is 3. The minimum Gasteiger partial charge on any atom is -0.361 e. The predicted molar refractivity (Wildman–Crippen MR) is 274 cm³/mol. The molecule has 0 atom stereocenters. The third kappa shape index (κ3) is 13.7. The molecule has 342 valence electrons. The Morgan fingerprint density at radius 3 is 1.55 bits per heavy atom. The van der Waals surface area contributed by atoms with Gasteiger partial charge in [-0.25, -0.2) is 15.0 Å². The fraction of sp³-hybridized carbons (Fsp3) is 0.438. The zero-order chi connectivity index (χ0) is 45.8. The molecule has 0 amide bonds. The van der Waals surface area contributed by atoms with E-state index in [0.29, 0.717) is 61.4 Å². The van der Waals surface area contributed by atoms with Crippen molar-refractivity contribution in [2.75, 3.05) is 13.2 Å². The number of aromatic nitrogens is 6. The van der Waals surface area contributed by atoms with E-state index in [4.69, 9.17) is 79.1 Å². The third-order valence-corrected chi connectivity index (χ3v) is 16.4. The summed E-state index contributed by atoms with van der Waals surface area (Å²) in [4.78, 5) is 16.8. The summed E-state index contributed by atoms with van der Waals surface area (Å²) in [7, 11) is -2.14. The highest BCUT2D eigenvalue weighted by atomic mass is 35.5. The number of nitrogens with one attached hydrogen (secondary N) is 1. The van der Waals surface area contributed by atoms with Crippen molar-refractivity contribution in [3.63, 3.8) is 0 Å². The number of rotatable bonds is 16. The van der Waals surface area contributed by atoms with Gasteiger partial charge in [-0.1, -0.05) is 109 Å². The lowest BCUT2D eigenvalue weighted by molar-refractivity contribution is 0.0853. The normalized spacial score (nSPS) is 15.1. The number of ether oxygens (including phenoxy) is 2. The van der Waals surface area contributed by atoms with Gasteiger partial charge in [0.25, 0.3) is 0 Å². The summed E-state index contributed by atoms with van der Waals surface area (Å²) in [6.07, 6.45) is 12.7. The molecular weight excluding hydrogens is 961 g/mol. The van der Waals surface area contributed by atoms with Crippen LogP contribution >= 0.6 is 69.6 Å². The van der Waals surface area contributed by atoms with E-state index < -0.39 is 16.1 Å². The van der Waals surface area contributed by atoms with Gasteiger partial charge < -0.3 is 23.6 Å². The molecule has 0 radical (unpaired) electrons. The Bertz CT molecular complexity index is 2520. The Balaban J connectivity index is 0.000000147. The molecule has 0 unspecified atom stereocenters. The monoisotopic (exact) mass is 1020 g/mol. The summed E-state index contributed by atoms with van der Waals surface area (Å²) in [6, 6.07) is 18.9. The Labute approximate surface area is 410 Å². The summed E-state index contributed by atoms with van der Waals surface area (Å²) in [5.41, 5.74) is 9.23. The quantitative estimate of drug-likeness (QED) is 0.0771. The summed E-state index contributed by atoms with van der Waals surface area (Å²) >= 11 is 37.3. The molecule has 3 aromatic carbocycles. The van der Waals surface area contributed by atoms with Crippen molar-refractivity contribution in [3.05, 3.63) is 121 Å². The average molecular weight is 1020 g/mol. The maximum absolute atomic E-state index is 6.44. The van der Waals surface area contributed by atoms with Crippen molar-refractivity contribution >= 4 is 85.8 Å². The van der Waals surface area contributed by atoms with Crippen molar-refractivity contribution in [3.8, 4) is 33.8 Å². The lowest BCUT2D eigenvalue weighted by Gasteiger charge is -2.16. The van der Waals surface area contributed by atoms with E-state index in [1.165, 1.54) is 56.0 Å². The number of halogens is 6. The number of nitrogens with zero attached hydrogens (tertiary/aromatic N) is 5. The first-order chi connectivity index (χ1) is 30.5. The van der Waals surface area contributed by atoms with Crippen LogP contribution in [0.25, 0.3) is 33.8 Å². The molecule has 64 heavy (non-hydrogen) atoms. The van der Waals surface area contributed by atoms with Crippen molar-refractivity contribution < 1.29 is 9.47 Å². The molecule has 16 heteroatoms. The molecule has 3 heterocycles. The van der Waals surface area contributed by atoms with Crippen LogP contribution in [0, 0.1) is 0 Å². The zero-order valence-corrected chi connectivity index (χ0v) is 44.0. The minimum atomic E-state index is -1.08. The molecule has 3 aliphatic carbocycles. The molecule has 1 N–H and O–H groups in total. The number of aromatic amines is 1. The fourth-order valence-corrected chi connectivity index (χ4v) is 9.90. The smallest absolute Gasteiger partial charge is 0.124 e. The van der Waals surface area contributed by atoms with E-state index in [1.807, 2.05) is 55.1 Å². The van der Waals surface area contributed by atoms with E-state index >= 15 is 0 Å². The van der Waals surface area contributed by atoms with E-state index in [1.54, 1.807) is 18.5 Å². The minimum absolute atomic E-state index is 0.502. The Hall–Kier alpha value is -2.62. The van der Waals surface area contributed by atoms with E-state index in [0.717, 1.165) is 58.7 Å². The van der Waals surface area contributed by atoms with Gasteiger partial charge in [-0.3, -0.25) is 0 Å². The molecule has 0 saturated heterocycles. The molecule has 3 saturated carbocycles. The summed E-state index contributed by atoms with van der Waals surface area (Å²) in [5, 5.41) is 4.12. The van der Waals surface area contributed by atoms with Gasteiger partial charge in [0.05, 0.1) is 62.5 Å². The highest BCUT2D eigenvalue weighted by Gasteiger charge is 2.33. The van der Waals surface area contributed by atoms with Gasteiger partial charge in [-0.15, -0.1) is 0 Å². The molecule has 3 fully saturated rings. The van der Waals surface area contributed by atoms with Crippen molar-refractivity contribution in [1.29, 1.82) is 0 Å². The molecule has 0 bridgehead atoms. The number of hydrogen-bond acceptors (Lipinski definition) is 5. The van der Waals surface area contributed by atoms with E-state index in [2.05, 4.69) is 68.4 Å². The number of benzene rings is 3. The molecule has 6 aromatic rings. The molecule has 8 nitrogen and oxygen atoms in total. The highest BCUT2D eigenvalue weighted by molar-refractivity contribution is 6.76. The average Bonchev–Trinajstić information content (AvgIpc) is 4.21. The summed E-state index contributed by atoms with van der Waals surface area (Å²) < 4.78 is 16.0. The molecule has 3 aliphatic rings. The van der Waals surface area contributed by atoms with Crippen molar-refractivity contribution in [2.24, 2.45) is 0 Å². The fourth-order valence-electron chi connectivity index (χ4n) is 7.25. The Morgan fingerprint density at radius 1 is 0.562 bits per heavy atom. The lowest BCUT2D eigenvalue weighted by atomic mass is 10.1. The van der Waals surface area contributed by atoms with Crippen LogP contribution in [0.5, 0.6) is 0 Å². The van der Waals surface area contributed by atoms with Crippen molar-refractivity contribution in [1.82, 2.24) is 29.1 Å². The largest absolute Gasteiger partial charge is 0.361 e. The van der Waals surface area contributed by atoms with Crippen LogP contribution in [0.1, 0.15) is 73.4 Å². The molecule has 9 rings (SSSR count). The second-order valence-corrected chi connectivity index (χ2v) is 33.2. The first-order valence-corrected chi connectivity index (χ1v) is 31.8. The first kappa shape index (κ1) is 49.3. The van der Waals surface area contributed by atoms with Gasteiger partial charge in [-0.05, 0) is 105 Å². The van der Waals surface area contributed by atoms with Gasteiger partial charge >= 0.3 is 0 Å². The van der Waals surface area contributed by atoms with Crippen LogP contribution < -0.4 is 0 Å². The molecule has 3 aromatic heterocycles.